The molecule has 0 saturated carbocycles. The second-order valence-corrected chi connectivity index (χ2v) is 6.52. The Morgan fingerprint density at radius 3 is 2.58 bits per heavy atom. The Labute approximate surface area is 147 Å². The zero-order valence-electron chi connectivity index (χ0n) is 14.3. The van der Waals surface area contributed by atoms with Crippen molar-refractivity contribution in [2.45, 2.75) is 50.7 Å². The van der Waals surface area contributed by atoms with Gasteiger partial charge in [-0.15, -0.1) is 5.10 Å². The molecule has 142 valence electrons. The molecule has 2 aromatic rings. The van der Waals surface area contributed by atoms with Crippen LogP contribution in [0.5, 0.6) is 0 Å². The fourth-order valence-electron chi connectivity index (χ4n) is 2.95. The summed E-state index contributed by atoms with van der Waals surface area (Å²) < 4.78 is 7.06. The van der Waals surface area contributed by atoms with Crippen LogP contribution < -0.4 is 11.2 Å². The average molecular weight is 367 g/mol. The third-order valence-corrected chi connectivity index (χ3v) is 4.33. The SMILES string of the molecule is CC(C)n1cc(Cc2[nH]c(=O)[nH]c(=O)c2C2OC(CO)C(O)C2O)nn1. The van der Waals surface area contributed by atoms with Crippen molar-refractivity contribution in [1.29, 1.82) is 0 Å². The molecule has 0 amide bonds. The standard InChI is InChI=1S/C15H21N5O6/c1-6(2)20-4-7(18-19-20)3-8-10(14(24)17-15(25)16-8)13-12(23)11(22)9(5-21)26-13/h4,6,9,11-13,21-23H,3,5H2,1-2H3,(H2,16,17,24,25). The first-order valence-corrected chi connectivity index (χ1v) is 8.20. The molecule has 1 aliphatic heterocycles. The molecule has 0 aliphatic carbocycles. The summed E-state index contributed by atoms with van der Waals surface area (Å²) in [5, 5.41) is 37.4. The Kier molecular flexibility index (Phi) is 5.05. The van der Waals surface area contributed by atoms with E-state index >= 15 is 0 Å². The molecule has 0 radical (unpaired) electrons. The second-order valence-electron chi connectivity index (χ2n) is 6.52. The van der Waals surface area contributed by atoms with E-state index in [1.165, 1.54) is 0 Å². The zero-order valence-corrected chi connectivity index (χ0v) is 14.3. The highest BCUT2D eigenvalue weighted by Crippen LogP contribution is 2.33. The summed E-state index contributed by atoms with van der Waals surface area (Å²) in [6, 6.07) is 0.0920. The maximum absolute atomic E-state index is 12.3. The number of hydrogen-bond donors (Lipinski definition) is 5. The summed E-state index contributed by atoms with van der Waals surface area (Å²) in [6.45, 7) is 3.34. The first kappa shape index (κ1) is 18.5. The minimum atomic E-state index is -1.43. The number of nitrogens with zero attached hydrogens (tertiary/aromatic N) is 3. The molecule has 1 saturated heterocycles. The van der Waals surface area contributed by atoms with E-state index in [0.29, 0.717) is 5.69 Å². The van der Waals surface area contributed by atoms with Crippen LogP contribution in [0.2, 0.25) is 0 Å². The number of H-pyrrole nitrogens is 2. The van der Waals surface area contributed by atoms with Gasteiger partial charge in [0.2, 0.25) is 0 Å². The molecule has 11 heteroatoms. The molecule has 1 fully saturated rings. The Bertz CT molecular complexity index is 887. The second kappa shape index (κ2) is 7.11. The van der Waals surface area contributed by atoms with Crippen LogP contribution in [-0.2, 0) is 11.2 Å². The summed E-state index contributed by atoms with van der Waals surface area (Å²) in [7, 11) is 0. The van der Waals surface area contributed by atoms with E-state index in [0.717, 1.165) is 0 Å². The van der Waals surface area contributed by atoms with Crippen LogP contribution in [0.15, 0.2) is 15.8 Å². The van der Waals surface area contributed by atoms with Gasteiger partial charge in [-0.25, -0.2) is 9.48 Å². The van der Waals surface area contributed by atoms with Crippen LogP contribution in [0.3, 0.4) is 0 Å². The lowest BCUT2D eigenvalue weighted by Crippen LogP contribution is -2.35. The van der Waals surface area contributed by atoms with Gasteiger partial charge in [0.05, 0.1) is 17.9 Å². The lowest BCUT2D eigenvalue weighted by molar-refractivity contribution is -0.0235. The molecule has 0 spiro atoms. The molecule has 5 N–H and O–H groups in total. The van der Waals surface area contributed by atoms with E-state index in [4.69, 9.17) is 4.74 Å². The van der Waals surface area contributed by atoms with Crippen molar-refractivity contribution in [2.75, 3.05) is 6.61 Å². The lowest BCUT2D eigenvalue weighted by Gasteiger charge is -2.16. The summed E-state index contributed by atoms with van der Waals surface area (Å²) in [4.78, 5) is 28.7. The highest BCUT2D eigenvalue weighted by molar-refractivity contribution is 5.26. The minimum Gasteiger partial charge on any atom is -0.394 e. The van der Waals surface area contributed by atoms with E-state index in [1.807, 2.05) is 13.8 Å². The van der Waals surface area contributed by atoms with Crippen molar-refractivity contribution in [3.8, 4) is 0 Å². The number of aromatic amines is 2. The number of aromatic nitrogens is 5. The number of aliphatic hydroxyl groups excluding tert-OH is 3. The number of rotatable bonds is 5. The molecule has 0 aromatic carbocycles. The largest absolute Gasteiger partial charge is 0.394 e. The van der Waals surface area contributed by atoms with Gasteiger partial charge in [-0.2, -0.15) is 0 Å². The Morgan fingerprint density at radius 1 is 1.27 bits per heavy atom. The summed E-state index contributed by atoms with van der Waals surface area (Å²) in [6.07, 6.45) is -3.25. The Hall–Kier alpha value is -2.34. The Morgan fingerprint density at radius 2 is 2.00 bits per heavy atom. The Balaban J connectivity index is 2.00. The predicted octanol–water partition coefficient (Wildman–Crippen LogP) is -2.02. The molecular formula is C15H21N5O6. The van der Waals surface area contributed by atoms with Crippen LogP contribution in [0.25, 0.3) is 0 Å². The molecule has 3 rings (SSSR count). The average Bonchev–Trinajstić information content (AvgIpc) is 3.14. The fraction of sp³-hybridized carbons (Fsp3) is 0.600. The monoisotopic (exact) mass is 367 g/mol. The first-order chi connectivity index (χ1) is 12.3. The first-order valence-electron chi connectivity index (χ1n) is 8.20. The van der Waals surface area contributed by atoms with Crippen LogP contribution in [0.1, 0.15) is 42.9 Å². The maximum atomic E-state index is 12.3. The highest BCUT2D eigenvalue weighted by atomic mass is 16.6. The van der Waals surface area contributed by atoms with Gasteiger partial charge in [-0.3, -0.25) is 9.78 Å². The third-order valence-electron chi connectivity index (χ3n) is 4.33. The summed E-state index contributed by atoms with van der Waals surface area (Å²) in [5.74, 6) is 0. The molecule has 1 aliphatic rings. The van der Waals surface area contributed by atoms with Crippen molar-refractivity contribution < 1.29 is 20.1 Å². The number of nitrogens with one attached hydrogen (secondary N) is 2. The molecule has 3 heterocycles. The van der Waals surface area contributed by atoms with Gasteiger partial charge in [0.25, 0.3) is 5.56 Å². The van der Waals surface area contributed by atoms with Crippen LogP contribution in [0, 0.1) is 0 Å². The molecule has 26 heavy (non-hydrogen) atoms. The number of aliphatic hydroxyl groups is 3. The lowest BCUT2D eigenvalue weighted by atomic mass is 9.99. The number of ether oxygens (including phenoxy) is 1. The van der Waals surface area contributed by atoms with Gasteiger partial charge in [-0.05, 0) is 13.8 Å². The molecule has 0 bridgehead atoms. The minimum absolute atomic E-state index is 0.0220. The zero-order chi connectivity index (χ0) is 19.0. The maximum Gasteiger partial charge on any atom is 0.325 e. The molecule has 11 nitrogen and oxygen atoms in total. The van der Waals surface area contributed by atoms with E-state index in [2.05, 4.69) is 20.3 Å². The molecule has 4 unspecified atom stereocenters. The van der Waals surface area contributed by atoms with Crippen LogP contribution in [-0.4, -0.2) is 65.2 Å². The van der Waals surface area contributed by atoms with Crippen molar-refractivity contribution in [3.63, 3.8) is 0 Å². The predicted molar refractivity (Wildman–Crippen MR) is 87.6 cm³/mol. The quantitative estimate of drug-likeness (QED) is 0.404. The third kappa shape index (κ3) is 3.33. The van der Waals surface area contributed by atoms with Gasteiger partial charge in [-0.1, -0.05) is 5.21 Å². The van der Waals surface area contributed by atoms with E-state index in [1.54, 1.807) is 10.9 Å². The van der Waals surface area contributed by atoms with Gasteiger partial charge in [0.15, 0.2) is 0 Å². The summed E-state index contributed by atoms with van der Waals surface area (Å²) in [5.41, 5.74) is -0.768. The highest BCUT2D eigenvalue weighted by Gasteiger charge is 2.45. The van der Waals surface area contributed by atoms with Gasteiger partial charge >= 0.3 is 5.69 Å². The van der Waals surface area contributed by atoms with Gasteiger partial charge in [0, 0.05) is 24.4 Å². The van der Waals surface area contributed by atoms with Crippen molar-refractivity contribution >= 4 is 0 Å². The van der Waals surface area contributed by atoms with E-state index < -0.39 is 42.3 Å². The topological polar surface area (TPSA) is 166 Å². The fourth-order valence-corrected chi connectivity index (χ4v) is 2.95. The normalized spacial score (nSPS) is 25.9. The van der Waals surface area contributed by atoms with Crippen molar-refractivity contribution in [3.05, 3.63) is 44.0 Å². The molecule has 4 atom stereocenters. The van der Waals surface area contributed by atoms with Crippen LogP contribution in [0.4, 0.5) is 0 Å². The van der Waals surface area contributed by atoms with Gasteiger partial charge < -0.3 is 25.0 Å². The van der Waals surface area contributed by atoms with Crippen molar-refractivity contribution in [2.24, 2.45) is 0 Å². The smallest absolute Gasteiger partial charge is 0.325 e. The molecular weight excluding hydrogens is 346 g/mol. The van der Waals surface area contributed by atoms with E-state index in [9.17, 15) is 24.9 Å². The van der Waals surface area contributed by atoms with Gasteiger partial charge in [0.1, 0.15) is 24.4 Å². The molecule has 2 aromatic heterocycles. The summed E-state index contributed by atoms with van der Waals surface area (Å²) >= 11 is 0. The van der Waals surface area contributed by atoms with E-state index in [-0.39, 0.29) is 23.7 Å². The number of hydrogen-bond acceptors (Lipinski definition) is 8. The van der Waals surface area contributed by atoms with Crippen LogP contribution >= 0.6 is 0 Å². The van der Waals surface area contributed by atoms with Crippen molar-refractivity contribution in [1.82, 2.24) is 25.0 Å².